The topological polar surface area (TPSA) is 41.5 Å². The highest BCUT2D eigenvalue weighted by atomic mass is 16.5. The van der Waals surface area contributed by atoms with Crippen molar-refractivity contribution in [2.24, 2.45) is 0 Å². The zero-order valence-corrected chi connectivity index (χ0v) is 10.3. The van der Waals surface area contributed by atoms with Gasteiger partial charge in [0.05, 0.1) is 12.2 Å². The summed E-state index contributed by atoms with van der Waals surface area (Å²) in [5, 5.41) is 13.7. The van der Waals surface area contributed by atoms with E-state index in [4.69, 9.17) is 4.74 Å². The van der Waals surface area contributed by atoms with Gasteiger partial charge in [0.15, 0.2) is 0 Å². The highest BCUT2D eigenvalue weighted by molar-refractivity contribution is 4.88. The Bertz CT molecular complexity index is 186. The molecular formula is C12H25NO2. The molecule has 0 aromatic carbocycles. The molecule has 1 rings (SSSR count). The lowest BCUT2D eigenvalue weighted by Gasteiger charge is -2.36. The molecule has 15 heavy (non-hydrogen) atoms. The number of hydrogen-bond donors (Lipinski definition) is 2. The van der Waals surface area contributed by atoms with Crippen LogP contribution >= 0.6 is 0 Å². The molecule has 0 aliphatic heterocycles. The molecule has 1 aliphatic carbocycles. The van der Waals surface area contributed by atoms with Gasteiger partial charge in [-0.2, -0.15) is 0 Å². The summed E-state index contributed by atoms with van der Waals surface area (Å²) < 4.78 is 5.14. The van der Waals surface area contributed by atoms with E-state index in [9.17, 15) is 5.11 Å². The average molecular weight is 215 g/mol. The second-order valence-electron chi connectivity index (χ2n) is 5.46. The van der Waals surface area contributed by atoms with Crippen LogP contribution in [0, 0.1) is 0 Å². The molecule has 0 atom stereocenters. The van der Waals surface area contributed by atoms with Gasteiger partial charge in [-0.05, 0) is 26.7 Å². The van der Waals surface area contributed by atoms with Crippen LogP contribution in [-0.2, 0) is 4.74 Å². The van der Waals surface area contributed by atoms with Crippen molar-refractivity contribution in [1.82, 2.24) is 5.32 Å². The predicted octanol–water partition coefficient (Wildman–Crippen LogP) is 1.70. The summed E-state index contributed by atoms with van der Waals surface area (Å²) in [5.74, 6) is 0. The molecule has 1 fully saturated rings. The third-order valence-corrected chi connectivity index (χ3v) is 3.19. The standard InChI is InChI=1S/C12H25NO2/c1-11(2,10-15-3)13-9-12(14)7-5-4-6-8-12/h13-14H,4-10H2,1-3H3. The number of rotatable bonds is 5. The van der Waals surface area contributed by atoms with Crippen molar-refractivity contribution in [2.75, 3.05) is 20.3 Å². The van der Waals surface area contributed by atoms with Crippen LogP contribution in [0.5, 0.6) is 0 Å². The fourth-order valence-electron chi connectivity index (χ4n) is 2.20. The molecule has 0 bridgehead atoms. The third-order valence-electron chi connectivity index (χ3n) is 3.19. The summed E-state index contributed by atoms with van der Waals surface area (Å²) in [5.41, 5.74) is -0.537. The van der Waals surface area contributed by atoms with Gasteiger partial charge in [-0.1, -0.05) is 19.3 Å². The van der Waals surface area contributed by atoms with Crippen molar-refractivity contribution < 1.29 is 9.84 Å². The van der Waals surface area contributed by atoms with Crippen molar-refractivity contribution in [3.8, 4) is 0 Å². The summed E-state index contributed by atoms with van der Waals surface area (Å²) in [7, 11) is 1.71. The Morgan fingerprint density at radius 3 is 2.40 bits per heavy atom. The van der Waals surface area contributed by atoms with Gasteiger partial charge in [0, 0.05) is 19.2 Å². The first kappa shape index (κ1) is 12.9. The number of β-amino-alcohol motifs (C(OH)–C–C–N with tert-alkyl or cyclic N) is 1. The van der Waals surface area contributed by atoms with Gasteiger partial charge < -0.3 is 15.2 Å². The van der Waals surface area contributed by atoms with Crippen LogP contribution in [0.4, 0.5) is 0 Å². The molecule has 0 saturated heterocycles. The van der Waals surface area contributed by atoms with Crippen molar-refractivity contribution in [3.63, 3.8) is 0 Å². The fourth-order valence-corrected chi connectivity index (χ4v) is 2.20. The molecule has 90 valence electrons. The largest absolute Gasteiger partial charge is 0.389 e. The Hall–Kier alpha value is -0.120. The van der Waals surface area contributed by atoms with Crippen molar-refractivity contribution in [1.29, 1.82) is 0 Å². The molecule has 3 heteroatoms. The Morgan fingerprint density at radius 1 is 1.27 bits per heavy atom. The SMILES string of the molecule is COCC(C)(C)NCC1(O)CCCCC1. The molecule has 0 aromatic rings. The van der Waals surface area contributed by atoms with Crippen LogP contribution in [0.3, 0.4) is 0 Å². The van der Waals surface area contributed by atoms with Gasteiger partial charge in [-0.25, -0.2) is 0 Å². The van der Waals surface area contributed by atoms with E-state index in [2.05, 4.69) is 19.2 Å². The fraction of sp³-hybridized carbons (Fsp3) is 1.00. The minimum atomic E-state index is -0.483. The molecular weight excluding hydrogens is 190 g/mol. The highest BCUT2D eigenvalue weighted by Gasteiger charge is 2.31. The summed E-state index contributed by atoms with van der Waals surface area (Å²) >= 11 is 0. The molecule has 0 unspecified atom stereocenters. The Labute approximate surface area is 93.2 Å². The first-order valence-electron chi connectivity index (χ1n) is 5.94. The highest BCUT2D eigenvalue weighted by Crippen LogP contribution is 2.27. The lowest BCUT2D eigenvalue weighted by atomic mass is 9.84. The van der Waals surface area contributed by atoms with E-state index in [1.54, 1.807) is 7.11 Å². The Morgan fingerprint density at radius 2 is 1.87 bits per heavy atom. The molecule has 0 aromatic heterocycles. The minimum absolute atomic E-state index is 0.0536. The molecule has 3 nitrogen and oxygen atoms in total. The van der Waals surface area contributed by atoms with Crippen molar-refractivity contribution in [3.05, 3.63) is 0 Å². The van der Waals surface area contributed by atoms with Crippen molar-refractivity contribution >= 4 is 0 Å². The number of aliphatic hydroxyl groups is 1. The van der Waals surface area contributed by atoms with Gasteiger partial charge in [0.2, 0.25) is 0 Å². The van der Waals surface area contributed by atoms with Crippen LogP contribution in [0.1, 0.15) is 46.0 Å². The van der Waals surface area contributed by atoms with Gasteiger partial charge in [-0.15, -0.1) is 0 Å². The number of methoxy groups -OCH3 is 1. The summed E-state index contributed by atoms with van der Waals surface area (Å²) in [6.07, 6.45) is 5.45. The molecule has 2 N–H and O–H groups in total. The first-order valence-corrected chi connectivity index (χ1v) is 5.94. The predicted molar refractivity (Wildman–Crippen MR) is 62.0 cm³/mol. The normalized spacial score (nSPS) is 21.6. The molecule has 1 aliphatic rings. The van der Waals surface area contributed by atoms with Crippen LogP contribution in [-0.4, -0.2) is 36.5 Å². The van der Waals surface area contributed by atoms with E-state index in [0.717, 1.165) is 25.7 Å². The van der Waals surface area contributed by atoms with Crippen LogP contribution < -0.4 is 5.32 Å². The maximum Gasteiger partial charge on any atom is 0.0771 e. The van der Waals surface area contributed by atoms with Gasteiger partial charge in [0.25, 0.3) is 0 Å². The molecule has 0 heterocycles. The van der Waals surface area contributed by atoms with E-state index in [-0.39, 0.29) is 5.54 Å². The second-order valence-corrected chi connectivity index (χ2v) is 5.46. The zero-order valence-electron chi connectivity index (χ0n) is 10.3. The smallest absolute Gasteiger partial charge is 0.0771 e. The lowest BCUT2D eigenvalue weighted by Crippen LogP contribution is -2.51. The van der Waals surface area contributed by atoms with Gasteiger partial charge in [-0.3, -0.25) is 0 Å². The van der Waals surface area contributed by atoms with E-state index in [1.165, 1.54) is 6.42 Å². The summed E-state index contributed by atoms with van der Waals surface area (Å²) in [6.45, 7) is 5.55. The summed E-state index contributed by atoms with van der Waals surface area (Å²) in [4.78, 5) is 0. The van der Waals surface area contributed by atoms with E-state index >= 15 is 0 Å². The monoisotopic (exact) mass is 215 g/mol. The Balaban J connectivity index is 2.34. The van der Waals surface area contributed by atoms with Crippen LogP contribution in [0.25, 0.3) is 0 Å². The van der Waals surface area contributed by atoms with Gasteiger partial charge >= 0.3 is 0 Å². The molecule has 0 amide bonds. The number of nitrogens with one attached hydrogen (secondary N) is 1. The summed E-state index contributed by atoms with van der Waals surface area (Å²) in [6, 6.07) is 0. The third kappa shape index (κ3) is 4.49. The zero-order chi connectivity index (χ0) is 11.4. The van der Waals surface area contributed by atoms with Gasteiger partial charge in [0.1, 0.15) is 0 Å². The van der Waals surface area contributed by atoms with Crippen molar-refractivity contribution in [2.45, 2.75) is 57.1 Å². The quantitative estimate of drug-likeness (QED) is 0.733. The van der Waals surface area contributed by atoms with Crippen LogP contribution in [0.2, 0.25) is 0 Å². The first-order chi connectivity index (χ1) is 6.97. The molecule has 0 spiro atoms. The van der Waals surface area contributed by atoms with Crippen LogP contribution in [0.15, 0.2) is 0 Å². The number of ether oxygens (including phenoxy) is 1. The molecule has 0 radical (unpaired) electrons. The maximum absolute atomic E-state index is 10.3. The minimum Gasteiger partial charge on any atom is -0.389 e. The number of hydrogen-bond acceptors (Lipinski definition) is 3. The van der Waals surface area contributed by atoms with E-state index in [0.29, 0.717) is 13.2 Å². The Kier molecular flexibility index (Phi) is 4.56. The van der Waals surface area contributed by atoms with E-state index < -0.39 is 5.60 Å². The molecule has 1 saturated carbocycles. The average Bonchev–Trinajstić information content (AvgIpc) is 2.17. The maximum atomic E-state index is 10.3. The second kappa shape index (κ2) is 5.28. The lowest BCUT2D eigenvalue weighted by molar-refractivity contribution is -0.00519. The van der Waals surface area contributed by atoms with E-state index in [1.807, 2.05) is 0 Å².